The molecule has 49 heavy (non-hydrogen) atoms. The van der Waals surface area contributed by atoms with Crippen LogP contribution < -0.4 is 19.7 Å². The van der Waals surface area contributed by atoms with Crippen molar-refractivity contribution in [2.75, 3.05) is 37.5 Å². The lowest BCUT2D eigenvalue weighted by molar-refractivity contribution is 0.0131. The van der Waals surface area contributed by atoms with Crippen molar-refractivity contribution in [3.05, 3.63) is 70.3 Å². The van der Waals surface area contributed by atoms with Crippen LogP contribution in [0.1, 0.15) is 80.3 Å². The van der Waals surface area contributed by atoms with Gasteiger partial charge in [-0.1, -0.05) is 43.7 Å². The average Bonchev–Trinajstić information content (AvgIpc) is 3.17. The van der Waals surface area contributed by atoms with Gasteiger partial charge >= 0.3 is 6.03 Å². The molecule has 2 N–H and O–H groups in total. The second-order valence-corrected chi connectivity index (χ2v) is 17.7. The highest BCUT2D eigenvalue weighted by Crippen LogP contribution is 2.47. The van der Waals surface area contributed by atoms with E-state index in [4.69, 9.17) is 21.1 Å². The van der Waals surface area contributed by atoms with Gasteiger partial charge in [0.1, 0.15) is 15.7 Å². The molecule has 264 valence electrons. The Morgan fingerprint density at radius 3 is 2.73 bits per heavy atom. The zero-order valence-electron chi connectivity index (χ0n) is 28.8. The van der Waals surface area contributed by atoms with Crippen molar-refractivity contribution in [2.24, 2.45) is 28.0 Å². The highest BCUT2D eigenvalue weighted by atomic mass is 35.5. The second kappa shape index (κ2) is 13.9. The number of carbonyl (C=O) groups excluding carboxylic acids is 2. The minimum Gasteiger partial charge on any atom is -0.490 e. The maximum Gasteiger partial charge on any atom is 0.327 e. The molecular weight excluding hydrogens is 660 g/mol. The van der Waals surface area contributed by atoms with Crippen molar-refractivity contribution >= 4 is 39.1 Å². The van der Waals surface area contributed by atoms with E-state index in [0.29, 0.717) is 36.3 Å². The van der Waals surface area contributed by atoms with Gasteiger partial charge in [-0.2, -0.15) is 0 Å². The van der Waals surface area contributed by atoms with Crippen LogP contribution in [0.4, 0.5) is 10.5 Å². The first-order valence-electron chi connectivity index (χ1n) is 17.9. The Labute approximate surface area is 295 Å². The topological polar surface area (TPSA) is 109 Å². The number of benzene rings is 2. The van der Waals surface area contributed by atoms with E-state index >= 15 is 0 Å². The Bertz CT molecular complexity index is 1750. The monoisotopic (exact) mass is 708 g/mol. The summed E-state index contributed by atoms with van der Waals surface area (Å²) >= 11 is 6.45. The van der Waals surface area contributed by atoms with Gasteiger partial charge in [-0.25, -0.2) is 9.00 Å². The summed E-state index contributed by atoms with van der Waals surface area (Å²) in [5.41, 5.74) is 3.47. The first-order chi connectivity index (χ1) is 23.5. The average molecular weight is 709 g/mol. The number of methoxy groups -OCH3 is 1. The lowest BCUT2D eigenvalue weighted by Gasteiger charge is -2.46. The van der Waals surface area contributed by atoms with Crippen LogP contribution in [0.3, 0.4) is 0 Å². The SMILES string of the molecule is CO[C@H]1/C=C/C[C@H](C)CS(=O)(NC(=O)NC2CC(C)C2)=NC(=O)c2ccc3c(c2)N(C[C@@H]2CC[C@H]21)C[C@@]1(CCCc2cc(Cl)ccc21)CO3. The number of rotatable bonds is 3. The highest BCUT2D eigenvalue weighted by molar-refractivity contribution is 7.92. The molecule has 0 saturated heterocycles. The molecule has 2 aromatic rings. The molecule has 2 fully saturated rings. The highest BCUT2D eigenvalue weighted by Gasteiger charge is 2.44. The summed E-state index contributed by atoms with van der Waals surface area (Å²) in [5.74, 6) is 1.35. The molecule has 3 amide bonds. The summed E-state index contributed by atoms with van der Waals surface area (Å²) in [6.07, 6.45) is 11.8. The van der Waals surface area contributed by atoms with Crippen LogP contribution in [0.25, 0.3) is 0 Å². The van der Waals surface area contributed by atoms with Gasteiger partial charge < -0.3 is 19.7 Å². The fraction of sp³-hybridized carbons (Fsp3) is 0.579. The lowest BCUT2D eigenvalue weighted by Crippen LogP contribution is -2.50. The first kappa shape index (κ1) is 34.4. The van der Waals surface area contributed by atoms with E-state index in [2.05, 4.69) is 50.5 Å². The molecule has 7 rings (SSSR count). The third-order valence-electron chi connectivity index (χ3n) is 11.5. The second-order valence-electron chi connectivity index (χ2n) is 15.3. The molecule has 2 aliphatic heterocycles. The van der Waals surface area contributed by atoms with Gasteiger partial charge in [-0.05, 0) is 116 Å². The zero-order chi connectivity index (χ0) is 34.3. The number of fused-ring (bicyclic) bond motifs is 4. The van der Waals surface area contributed by atoms with E-state index in [1.54, 1.807) is 13.2 Å². The lowest BCUT2D eigenvalue weighted by atomic mass is 9.68. The van der Waals surface area contributed by atoms with E-state index in [-0.39, 0.29) is 29.2 Å². The molecule has 2 bridgehead atoms. The van der Waals surface area contributed by atoms with Crippen LogP contribution in [0, 0.1) is 23.7 Å². The Morgan fingerprint density at radius 2 is 1.98 bits per heavy atom. The molecular formula is C38H49ClN4O5S. The van der Waals surface area contributed by atoms with Crippen molar-refractivity contribution in [1.82, 2.24) is 10.0 Å². The number of urea groups is 1. The molecule has 3 aliphatic carbocycles. The van der Waals surface area contributed by atoms with Gasteiger partial charge in [0, 0.05) is 42.2 Å². The number of aryl methyl sites for hydroxylation is 1. The minimum atomic E-state index is -3.44. The van der Waals surface area contributed by atoms with Crippen LogP contribution in [-0.4, -0.2) is 60.9 Å². The smallest absolute Gasteiger partial charge is 0.327 e. The van der Waals surface area contributed by atoms with E-state index in [0.717, 1.165) is 74.5 Å². The minimum absolute atomic E-state index is 0.0357. The summed E-state index contributed by atoms with van der Waals surface area (Å²) in [7, 11) is -1.67. The predicted octanol–water partition coefficient (Wildman–Crippen LogP) is 7.07. The molecule has 2 saturated carbocycles. The van der Waals surface area contributed by atoms with Crippen LogP contribution in [0.5, 0.6) is 5.75 Å². The third-order valence-corrected chi connectivity index (χ3v) is 13.7. The Hall–Kier alpha value is -3.08. The van der Waals surface area contributed by atoms with Crippen molar-refractivity contribution < 1.29 is 23.3 Å². The molecule has 2 heterocycles. The Balaban J connectivity index is 1.27. The zero-order valence-corrected chi connectivity index (χ0v) is 30.4. The number of nitrogens with zero attached hydrogens (tertiary/aromatic N) is 2. The summed E-state index contributed by atoms with van der Waals surface area (Å²) in [5, 5.41) is 3.66. The molecule has 6 atom stereocenters. The molecule has 1 unspecified atom stereocenters. The number of nitrogens with one attached hydrogen (secondary N) is 2. The van der Waals surface area contributed by atoms with Gasteiger partial charge in [0.05, 0.1) is 24.2 Å². The van der Waals surface area contributed by atoms with Gasteiger partial charge in [-0.15, -0.1) is 4.36 Å². The summed E-state index contributed by atoms with van der Waals surface area (Å²) in [6, 6.07) is 11.1. The number of hydrogen-bond donors (Lipinski definition) is 2. The normalized spacial score (nSPS) is 34.9. The molecule has 1 spiro atoms. The fourth-order valence-corrected chi connectivity index (χ4v) is 10.8. The van der Waals surface area contributed by atoms with E-state index < -0.39 is 21.9 Å². The predicted molar refractivity (Wildman–Crippen MR) is 194 cm³/mol. The summed E-state index contributed by atoms with van der Waals surface area (Å²) in [4.78, 5) is 29.3. The quantitative estimate of drug-likeness (QED) is 0.330. The largest absolute Gasteiger partial charge is 0.490 e. The molecule has 11 heteroatoms. The number of hydrogen-bond acceptors (Lipinski definition) is 6. The van der Waals surface area contributed by atoms with Gasteiger partial charge in [0.15, 0.2) is 0 Å². The van der Waals surface area contributed by atoms with E-state index in [1.807, 2.05) is 25.1 Å². The van der Waals surface area contributed by atoms with Crippen molar-refractivity contribution in [2.45, 2.75) is 82.8 Å². The fourth-order valence-electron chi connectivity index (χ4n) is 8.75. The summed E-state index contributed by atoms with van der Waals surface area (Å²) < 4.78 is 34.0. The van der Waals surface area contributed by atoms with Gasteiger partial charge in [0.2, 0.25) is 0 Å². The van der Waals surface area contributed by atoms with Gasteiger partial charge in [0.25, 0.3) is 5.91 Å². The number of amides is 3. The van der Waals surface area contributed by atoms with Crippen molar-refractivity contribution in [3.63, 3.8) is 0 Å². The number of anilines is 1. The third kappa shape index (κ3) is 7.24. The molecule has 5 aliphatic rings. The number of carbonyl (C=O) groups is 2. The Morgan fingerprint density at radius 1 is 1.14 bits per heavy atom. The standard InChI is InChI=1S/C38H49ClN4O5S/c1-24-6-4-8-34(47-3)31-12-9-28(31)20-43-22-38(15-5-7-26-18-29(39)11-13-32(26)38)23-48-35-14-10-27(19-33(35)43)36(44)41-49(46,21-24)42-37(45)40-30-16-25(2)17-30/h4,8,10-11,13-14,18-19,24-25,28,30-31,34H,5-7,9,12,15-17,20-23H2,1-3H3,(H2,40,41,42,44,45,46)/b8-4+/t24-,25?,28-,30?,31+,34-,38-,49?/m0/s1. The van der Waals surface area contributed by atoms with E-state index in [9.17, 15) is 13.8 Å². The first-order valence-corrected chi connectivity index (χ1v) is 20.0. The molecule has 0 radical (unpaired) electrons. The Kier molecular flexibility index (Phi) is 9.76. The molecule has 0 aromatic heterocycles. The molecule has 9 nitrogen and oxygen atoms in total. The van der Waals surface area contributed by atoms with Crippen molar-refractivity contribution in [3.8, 4) is 5.75 Å². The number of allylic oxidation sites excluding steroid dienone is 1. The number of halogens is 1. The van der Waals surface area contributed by atoms with E-state index in [1.165, 1.54) is 11.1 Å². The van der Waals surface area contributed by atoms with Crippen molar-refractivity contribution in [1.29, 1.82) is 0 Å². The van der Waals surface area contributed by atoms with Crippen LogP contribution in [-0.2, 0) is 26.5 Å². The molecule has 2 aromatic carbocycles. The van der Waals surface area contributed by atoms with Gasteiger partial charge in [-0.3, -0.25) is 9.52 Å². The maximum atomic E-state index is 14.4. The maximum absolute atomic E-state index is 14.4. The van der Waals surface area contributed by atoms with Crippen LogP contribution in [0.2, 0.25) is 5.02 Å². The van der Waals surface area contributed by atoms with Crippen LogP contribution >= 0.6 is 11.6 Å². The number of ether oxygens (including phenoxy) is 2. The summed E-state index contributed by atoms with van der Waals surface area (Å²) in [6.45, 7) is 6.15. The van der Waals surface area contributed by atoms with Crippen LogP contribution in [0.15, 0.2) is 52.9 Å².